The first-order valence-electron chi connectivity index (χ1n) is 8.72. The Morgan fingerprint density at radius 1 is 1.13 bits per heavy atom. The van der Waals surface area contributed by atoms with Crippen molar-refractivity contribution in [3.8, 4) is 17.2 Å². The Morgan fingerprint density at radius 3 is 2.40 bits per heavy atom. The van der Waals surface area contributed by atoms with Gasteiger partial charge in [-0.1, -0.05) is 17.3 Å². The zero-order valence-corrected chi connectivity index (χ0v) is 15.0. The molecule has 6 N–H and O–H groups in total. The number of hydrogen-bond acceptors (Lipinski definition) is 10. The average Bonchev–Trinajstić information content (AvgIpc) is 2.68. The fourth-order valence-corrected chi connectivity index (χ4v) is 4.48. The van der Waals surface area contributed by atoms with Crippen molar-refractivity contribution in [2.24, 2.45) is 22.7 Å². The maximum atomic E-state index is 13.2. The Balaban J connectivity index is 2.11. The van der Waals surface area contributed by atoms with Crippen LogP contribution in [-0.2, 0) is 14.4 Å². The molecule has 0 bridgehead atoms. The number of phenols is 3. The second-order valence-electron chi connectivity index (χ2n) is 7.31. The van der Waals surface area contributed by atoms with E-state index in [1.165, 1.54) is 12.1 Å². The molecule has 30 heavy (non-hydrogen) atoms. The number of nitroso groups, excluding NO2 is 1. The van der Waals surface area contributed by atoms with Crippen molar-refractivity contribution in [3.63, 3.8) is 0 Å². The molecule has 4 rings (SSSR count). The van der Waals surface area contributed by atoms with Crippen LogP contribution in [0.3, 0.4) is 0 Å². The van der Waals surface area contributed by atoms with E-state index in [0.717, 1.165) is 6.07 Å². The first-order valence-corrected chi connectivity index (χ1v) is 8.72. The fourth-order valence-electron chi connectivity index (χ4n) is 4.48. The molecule has 1 unspecified atom stereocenters. The van der Waals surface area contributed by atoms with Crippen LogP contribution in [-0.4, -0.2) is 49.3 Å². The van der Waals surface area contributed by atoms with Gasteiger partial charge in [0.15, 0.2) is 23.1 Å². The number of fused-ring (bicyclic) bond motifs is 3. The monoisotopic (exact) mass is 414 g/mol. The molecule has 1 amide bonds. The van der Waals surface area contributed by atoms with Gasteiger partial charge in [-0.05, 0) is 6.07 Å². The van der Waals surface area contributed by atoms with Gasteiger partial charge in [0, 0.05) is 23.3 Å². The van der Waals surface area contributed by atoms with Crippen LogP contribution < -0.4 is 5.73 Å². The molecule has 0 heterocycles. The van der Waals surface area contributed by atoms with Gasteiger partial charge in [-0.25, -0.2) is 0 Å². The minimum Gasteiger partial charge on any atom is -0.507 e. The lowest BCUT2D eigenvalue weighted by Crippen LogP contribution is -2.65. The number of hydrogen-bond donors (Lipinski definition) is 5. The third-order valence-electron chi connectivity index (χ3n) is 5.86. The van der Waals surface area contributed by atoms with Crippen LogP contribution in [0.25, 0.3) is 10.8 Å². The van der Waals surface area contributed by atoms with Crippen molar-refractivity contribution < 1.29 is 39.6 Å². The summed E-state index contributed by atoms with van der Waals surface area (Å²) in [5.41, 5.74) is 0.708. The molecule has 0 spiro atoms. The Labute approximate surface area is 166 Å². The first-order chi connectivity index (χ1) is 14.1. The molecule has 0 aromatic heterocycles. The Hall–Kier alpha value is -3.86. The maximum Gasteiger partial charge on any atom is 0.235 e. The van der Waals surface area contributed by atoms with Crippen LogP contribution >= 0.6 is 0 Å². The molecular formula is C19H14N2O9. The number of carbonyl (C=O) groups excluding carboxylic acids is 4. The summed E-state index contributed by atoms with van der Waals surface area (Å²) in [5, 5.41) is 44.9. The van der Waals surface area contributed by atoms with Crippen LogP contribution in [0.15, 0.2) is 23.4 Å². The molecule has 2 aromatic carbocycles. The van der Waals surface area contributed by atoms with Gasteiger partial charge in [0.2, 0.25) is 11.7 Å². The normalized spacial score (nSPS) is 28.2. The smallest absolute Gasteiger partial charge is 0.235 e. The Kier molecular flexibility index (Phi) is 3.93. The molecular weight excluding hydrogens is 400 g/mol. The number of aliphatic hydroxyl groups is 1. The quantitative estimate of drug-likeness (QED) is 0.253. The lowest BCUT2D eigenvalue weighted by Gasteiger charge is -2.44. The second kappa shape index (κ2) is 6.07. The summed E-state index contributed by atoms with van der Waals surface area (Å²) in [7, 11) is 0. The van der Waals surface area contributed by atoms with E-state index >= 15 is 0 Å². The van der Waals surface area contributed by atoms with Crippen molar-refractivity contribution in [3.05, 3.63) is 34.2 Å². The van der Waals surface area contributed by atoms with Crippen molar-refractivity contribution in [1.82, 2.24) is 0 Å². The molecule has 4 atom stereocenters. The van der Waals surface area contributed by atoms with Gasteiger partial charge in [-0.3, -0.25) is 19.2 Å². The molecule has 1 fully saturated rings. The van der Waals surface area contributed by atoms with E-state index in [-0.39, 0.29) is 10.8 Å². The molecule has 0 saturated heterocycles. The van der Waals surface area contributed by atoms with Gasteiger partial charge < -0.3 is 26.2 Å². The standard InChI is InChI=1S/C19H14N2O9/c20-18(28)10-8(23)4-6-13(21-30)11-12(17(27)19(6,29)16(10)26)15(25)9-5(14(11)24)2-1-3-7(9)22/h1-3,6,10,13,22,24-25,29H,4H2,(H2,20,28)/t6-,10?,13-,19-/m1/s1. The summed E-state index contributed by atoms with van der Waals surface area (Å²) in [6, 6.07) is 1.99. The fraction of sp³-hybridized carbons (Fsp3) is 0.263. The summed E-state index contributed by atoms with van der Waals surface area (Å²) in [5.74, 6) is -11.3. The Bertz CT molecular complexity index is 1200. The number of nitrogens with two attached hydrogens (primary N) is 1. The minimum absolute atomic E-state index is 0.124. The van der Waals surface area contributed by atoms with Crippen LogP contribution in [0.5, 0.6) is 17.2 Å². The highest BCUT2D eigenvalue weighted by Crippen LogP contribution is 2.56. The third kappa shape index (κ3) is 2.12. The summed E-state index contributed by atoms with van der Waals surface area (Å²) < 4.78 is 0. The third-order valence-corrected chi connectivity index (χ3v) is 5.86. The van der Waals surface area contributed by atoms with Crippen LogP contribution in [0.2, 0.25) is 0 Å². The zero-order valence-electron chi connectivity index (χ0n) is 15.0. The largest absolute Gasteiger partial charge is 0.507 e. The number of rotatable bonds is 2. The predicted octanol–water partition coefficient (Wildman–Crippen LogP) is -0.0489. The van der Waals surface area contributed by atoms with E-state index in [1.807, 2.05) is 0 Å². The topological polar surface area (TPSA) is 205 Å². The number of ketones is 3. The van der Waals surface area contributed by atoms with Crippen molar-refractivity contribution in [2.75, 3.05) is 0 Å². The van der Waals surface area contributed by atoms with Crippen molar-refractivity contribution in [2.45, 2.75) is 18.1 Å². The zero-order chi connectivity index (χ0) is 22.1. The lowest BCUT2D eigenvalue weighted by molar-refractivity contribution is -0.158. The number of amides is 1. The van der Waals surface area contributed by atoms with Crippen molar-refractivity contribution >= 4 is 34.0 Å². The van der Waals surface area contributed by atoms with Gasteiger partial charge in [-0.15, -0.1) is 0 Å². The van der Waals surface area contributed by atoms with E-state index < -0.39 is 81.5 Å². The van der Waals surface area contributed by atoms with Gasteiger partial charge in [0.1, 0.15) is 23.3 Å². The van der Waals surface area contributed by atoms with E-state index in [9.17, 15) is 44.5 Å². The van der Waals surface area contributed by atoms with Crippen LogP contribution in [0.4, 0.5) is 0 Å². The summed E-state index contributed by atoms with van der Waals surface area (Å²) >= 11 is 0. The van der Waals surface area contributed by atoms with E-state index in [4.69, 9.17) is 5.73 Å². The minimum atomic E-state index is -3.07. The van der Waals surface area contributed by atoms with Gasteiger partial charge >= 0.3 is 0 Å². The van der Waals surface area contributed by atoms with Crippen molar-refractivity contribution in [1.29, 1.82) is 0 Å². The molecule has 2 aliphatic rings. The summed E-state index contributed by atoms with van der Waals surface area (Å²) in [6.07, 6.45) is -0.768. The number of Topliss-reactive ketones (excluding diaryl/α,β-unsaturated/α-hetero) is 3. The van der Waals surface area contributed by atoms with Gasteiger partial charge in [0.25, 0.3) is 0 Å². The summed E-state index contributed by atoms with van der Waals surface area (Å²) in [6.45, 7) is 0. The number of phenolic OH excluding ortho intramolecular Hbond substituents is 3. The van der Waals surface area contributed by atoms with E-state index in [2.05, 4.69) is 5.18 Å². The molecule has 2 aliphatic carbocycles. The highest BCUT2D eigenvalue weighted by Gasteiger charge is 2.66. The number of aromatic hydroxyl groups is 3. The molecule has 0 radical (unpaired) electrons. The molecule has 11 heteroatoms. The Morgan fingerprint density at radius 2 is 1.80 bits per heavy atom. The maximum absolute atomic E-state index is 13.2. The van der Waals surface area contributed by atoms with Crippen LogP contribution in [0, 0.1) is 16.7 Å². The highest BCUT2D eigenvalue weighted by molar-refractivity contribution is 6.32. The molecule has 1 saturated carbocycles. The molecule has 2 aromatic rings. The molecule has 0 aliphatic heterocycles. The number of nitrogens with zero attached hydrogens (tertiary/aromatic N) is 1. The SMILES string of the molecule is NC(=O)C1C(=O)C[C@@H]2[C@@H](N=O)c3c(c(O)c4c(O)cccc4c3O)C(=O)[C@]2(O)C1=O. The lowest BCUT2D eigenvalue weighted by atomic mass is 9.58. The number of carbonyl (C=O) groups is 4. The van der Waals surface area contributed by atoms with E-state index in [1.54, 1.807) is 0 Å². The average molecular weight is 414 g/mol. The number of benzene rings is 2. The van der Waals surface area contributed by atoms with Gasteiger partial charge in [0.05, 0.1) is 10.9 Å². The first kappa shape index (κ1) is 19.5. The van der Waals surface area contributed by atoms with Gasteiger partial charge in [-0.2, -0.15) is 4.91 Å². The highest BCUT2D eigenvalue weighted by atomic mass is 16.3. The van der Waals surface area contributed by atoms with E-state index in [0.29, 0.717) is 0 Å². The molecule has 154 valence electrons. The number of primary amides is 1. The molecule has 11 nitrogen and oxygen atoms in total. The van der Waals surface area contributed by atoms with Crippen LogP contribution in [0.1, 0.15) is 28.4 Å². The summed E-state index contributed by atoms with van der Waals surface area (Å²) in [4.78, 5) is 61.6. The predicted molar refractivity (Wildman–Crippen MR) is 97.6 cm³/mol. The second-order valence-corrected chi connectivity index (χ2v) is 7.31.